The average Bonchev–Trinajstić information content (AvgIpc) is 2.59. The minimum absolute atomic E-state index is 0.146. The number of hydrogen-bond donors (Lipinski definition) is 0. The van der Waals surface area contributed by atoms with Crippen LogP contribution in [-0.2, 0) is 0 Å². The van der Waals surface area contributed by atoms with Gasteiger partial charge in [0.1, 0.15) is 0 Å². The summed E-state index contributed by atoms with van der Waals surface area (Å²) in [5.41, 5.74) is 17.9. The molecule has 0 aliphatic rings. The largest absolute Gasteiger partial charge is 0.0593 e. The first-order chi connectivity index (χ1) is 12.2. The zero-order valence-electron chi connectivity index (χ0n) is 20.1. The van der Waals surface area contributed by atoms with E-state index in [4.69, 9.17) is 0 Å². The highest BCUT2D eigenvalue weighted by Crippen LogP contribution is 2.48. The molecule has 0 aliphatic heterocycles. The van der Waals surface area contributed by atoms with E-state index in [1.165, 1.54) is 55.6 Å². The lowest BCUT2D eigenvalue weighted by Gasteiger charge is -2.38. The van der Waals surface area contributed by atoms with Gasteiger partial charge >= 0.3 is 0 Å². The summed E-state index contributed by atoms with van der Waals surface area (Å²) >= 11 is 0. The summed E-state index contributed by atoms with van der Waals surface area (Å²) in [6.07, 6.45) is 0. The molecule has 2 aromatic rings. The van der Waals surface area contributed by atoms with Crippen LogP contribution in [0.5, 0.6) is 0 Å². The molecule has 0 unspecified atom stereocenters. The van der Waals surface area contributed by atoms with Crippen molar-refractivity contribution in [1.29, 1.82) is 0 Å². The summed E-state index contributed by atoms with van der Waals surface area (Å²) in [5.74, 6) is 0.397. The molecular formula is C27H40. The van der Waals surface area contributed by atoms with Crippen LogP contribution < -0.4 is 0 Å². The predicted octanol–water partition coefficient (Wildman–Crippen LogP) is 7.95. The van der Waals surface area contributed by atoms with Gasteiger partial charge in [-0.05, 0) is 141 Å². The zero-order valence-corrected chi connectivity index (χ0v) is 20.1. The lowest BCUT2D eigenvalue weighted by molar-refractivity contribution is 0.354. The van der Waals surface area contributed by atoms with Gasteiger partial charge in [0.2, 0.25) is 0 Å². The average molecular weight is 365 g/mol. The van der Waals surface area contributed by atoms with Gasteiger partial charge in [-0.25, -0.2) is 0 Å². The van der Waals surface area contributed by atoms with Crippen molar-refractivity contribution in [1.82, 2.24) is 0 Å². The molecule has 27 heavy (non-hydrogen) atoms. The summed E-state index contributed by atoms with van der Waals surface area (Å²) in [6, 6.07) is 0. The molecule has 0 saturated heterocycles. The summed E-state index contributed by atoms with van der Waals surface area (Å²) < 4.78 is 0. The van der Waals surface area contributed by atoms with Crippen molar-refractivity contribution in [2.45, 2.75) is 95.9 Å². The maximum atomic E-state index is 2.41. The van der Waals surface area contributed by atoms with Gasteiger partial charge in [-0.2, -0.15) is 0 Å². The van der Waals surface area contributed by atoms with Crippen LogP contribution in [-0.4, -0.2) is 0 Å². The SMILES string of the molecule is Cc1c(C)c(C)c(C(c2c(C)c(C)c(C)c(C)c2C)C(C)(C)C)c(C)c1C. The Hall–Kier alpha value is -1.56. The molecular weight excluding hydrogens is 324 g/mol. The quantitative estimate of drug-likeness (QED) is 0.507. The number of hydrogen-bond acceptors (Lipinski definition) is 0. The van der Waals surface area contributed by atoms with Crippen molar-refractivity contribution in [2.24, 2.45) is 5.41 Å². The van der Waals surface area contributed by atoms with Crippen LogP contribution in [0.3, 0.4) is 0 Å². The first-order valence-electron chi connectivity index (χ1n) is 10.4. The second kappa shape index (κ2) is 7.12. The van der Waals surface area contributed by atoms with Crippen LogP contribution in [0.15, 0.2) is 0 Å². The third-order valence-corrected chi connectivity index (χ3v) is 7.56. The fraction of sp³-hybridized carbons (Fsp3) is 0.556. The van der Waals surface area contributed by atoms with Crippen LogP contribution in [0.2, 0.25) is 0 Å². The second-order valence-corrected chi connectivity index (χ2v) is 9.88. The van der Waals surface area contributed by atoms with Gasteiger partial charge in [-0.15, -0.1) is 0 Å². The van der Waals surface area contributed by atoms with Gasteiger partial charge in [-0.3, -0.25) is 0 Å². The topological polar surface area (TPSA) is 0 Å². The number of benzene rings is 2. The van der Waals surface area contributed by atoms with Crippen LogP contribution >= 0.6 is 0 Å². The summed E-state index contributed by atoms with van der Waals surface area (Å²) in [4.78, 5) is 0. The normalized spacial score (nSPS) is 12.2. The standard InChI is InChI=1S/C27H40/c1-14-16(3)20(7)24(21(8)17(14)4)26(27(11,12)13)25-22(9)18(5)15(2)19(6)23(25)10/h26H,1-13H3. The first kappa shape index (κ1) is 21.7. The van der Waals surface area contributed by atoms with Gasteiger partial charge in [0.25, 0.3) is 0 Å². The number of rotatable bonds is 2. The third-order valence-electron chi connectivity index (χ3n) is 7.56. The fourth-order valence-corrected chi connectivity index (χ4v) is 4.93. The highest BCUT2D eigenvalue weighted by Gasteiger charge is 2.34. The molecule has 2 rings (SSSR count). The molecule has 0 fully saturated rings. The maximum absolute atomic E-state index is 2.41. The van der Waals surface area contributed by atoms with E-state index in [0.717, 1.165) is 0 Å². The Labute approximate surface area is 168 Å². The Morgan fingerprint density at radius 3 is 0.741 bits per heavy atom. The van der Waals surface area contributed by atoms with E-state index in [9.17, 15) is 0 Å². The smallest absolute Gasteiger partial charge is 0.0149 e. The monoisotopic (exact) mass is 364 g/mol. The van der Waals surface area contributed by atoms with Crippen molar-refractivity contribution in [3.8, 4) is 0 Å². The van der Waals surface area contributed by atoms with Crippen molar-refractivity contribution in [3.05, 3.63) is 66.8 Å². The zero-order chi connectivity index (χ0) is 21.0. The Morgan fingerprint density at radius 1 is 0.370 bits per heavy atom. The molecule has 0 amide bonds. The van der Waals surface area contributed by atoms with E-state index >= 15 is 0 Å². The van der Waals surface area contributed by atoms with Crippen molar-refractivity contribution >= 4 is 0 Å². The minimum Gasteiger partial charge on any atom is -0.0593 e. The molecule has 0 spiro atoms. The highest BCUT2D eigenvalue weighted by atomic mass is 14.4. The molecule has 2 aromatic carbocycles. The fourth-order valence-electron chi connectivity index (χ4n) is 4.93. The van der Waals surface area contributed by atoms with E-state index in [0.29, 0.717) is 5.92 Å². The van der Waals surface area contributed by atoms with E-state index in [1.807, 2.05) is 0 Å². The van der Waals surface area contributed by atoms with Gasteiger partial charge in [-0.1, -0.05) is 20.8 Å². The second-order valence-electron chi connectivity index (χ2n) is 9.88. The van der Waals surface area contributed by atoms with E-state index in [-0.39, 0.29) is 5.41 Å². The molecule has 0 atom stereocenters. The van der Waals surface area contributed by atoms with Gasteiger partial charge in [0, 0.05) is 5.92 Å². The lowest BCUT2D eigenvalue weighted by atomic mass is 9.66. The van der Waals surface area contributed by atoms with Gasteiger partial charge < -0.3 is 0 Å². The van der Waals surface area contributed by atoms with Crippen molar-refractivity contribution < 1.29 is 0 Å². The van der Waals surface area contributed by atoms with Crippen LogP contribution in [0, 0.1) is 74.7 Å². The Balaban J connectivity index is 3.04. The van der Waals surface area contributed by atoms with Crippen LogP contribution in [0.1, 0.15) is 93.5 Å². The molecule has 0 heteroatoms. The predicted molar refractivity (Wildman–Crippen MR) is 122 cm³/mol. The van der Waals surface area contributed by atoms with Crippen LogP contribution in [0.4, 0.5) is 0 Å². The molecule has 148 valence electrons. The van der Waals surface area contributed by atoms with Crippen LogP contribution in [0.25, 0.3) is 0 Å². The molecule has 0 nitrogen and oxygen atoms in total. The molecule has 0 aliphatic carbocycles. The Kier molecular flexibility index (Phi) is 5.73. The van der Waals surface area contributed by atoms with Gasteiger partial charge in [0.15, 0.2) is 0 Å². The molecule has 0 aromatic heterocycles. The maximum Gasteiger partial charge on any atom is 0.0149 e. The first-order valence-corrected chi connectivity index (χ1v) is 10.4. The van der Waals surface area contributed by atoms with E-state index in [2.05, 4.69) is 90.0 Å². The molecule has 0 bridgehead atoms. The summed E-state index contributed by atoms with van der Waals surface area (Å²) in [6.45, 7) is 30.3. The Morgan fingerprint density at radius 2 is 0.556 bits per heavy atom. The lowest BCUT2D eigenvalue weighted by Crippen LogP contribution is -2.25. The molecule has 0 heterocycles. The minimum atomic E-state index is 0.146. The molecule has 0 saturated carbocycles. The summed E-state index contributed by atoms with van der Waals surface area (Å²) in [5, 5.41) is 0. The van der Waals surface area contributed by atoms with Gasteiger partial charge in [0.05, 0.1) is 0 Å². The van der Waals surface area contributed by atoms with E-state index in [1.54, 1.807) is 11.1 Å². The third kappa shape index (κ3) is 3.37. The summed E-state index contributed by atoms with van der Waals surface area (Å²) in [7, 11) is 0. The Bertz CT molecular complexity index is 774. The van der Waals surface area contributed by atoms with Crippen molar-refractivity contribution in [2.75, 3.05) is 0 Å². The molecule has 0 N–H and O–H groups in total. The highest BCUT2D eigenvalue weighted by molar-refractivity contribution is 5.59. The van der Waals surface area contributed by atoms with Crippen molar-refractivity contribution in [3.63, 3.8) is 0 Å². The molecule has 0 radical (unpaired) electrons. The van der Waals surface area contributed by atoms with E-state index < -0.39 is 0 Å².